The van der Waals surface area contributed by atoms with E-state index in [9.17, 15) is 4.79 Å². The van der Waals surface area contributed by atoms with Crippen molar-refractivity contribution in [3.8, 4) is 5.75 Å². The molecule has 1 saturated heterocycles. The molecule has 2 heterocycles. The summed E-state index contributed by atoms with van der Waals surface area (Å²) < 4.78 is 25.0. The quantitative estimate of drug-likeness (QED) is 0.724. The van der Waals surface area contributed by atoms with Crippen molar-refractivity contribution in [3.05, 3.63) is 34.7 Å². The number of hydrogen-bond donors (Lipinski definition) is 0. The normalized spacial score (nSPS) is 25.2. The SMILES string of the molecule is COCC1CC(n2cc(OC)c3ccc(B4OC(C)(C)C(C)(C)O4)cc3c2=O)C1. The highest BCUT2D eigenvalue weighted by molar-refractivity contribution is 6.62. The third kappa shape index (κ3) is 3.39. The van der Waals surface area contributed by atoms with Crippen molar-refractivity contribution in [2.24, 2.45) is 5.92 Å². The lowest BCUT2D eigenvalue weighted by Crippen LogP contribution is -2.41. The Labute approximate surface area is 172 Å². The number of benzene rings is 1. The van der Waals surface area contributed by atoms with Crippen LogP contribution in [0.2, 0.25) is 0 Å². The molecule has 7 heteroatoms. The second-order valence-electron chi connectivity index (χ2n) is 9.25. The minimum Gasteiger partial charge on any atom is -0.495 e. The van der Waals surface area contributed by atoms with Crippen LogP contribution >= 0.6 is 0 Å². The Bertz CT molecular complexity index is 961. The number of rotatable bonds is 5. The molecule has 0 spiro atoms. The fourth-order valence-electron chi connectivity index (χ4n) is 4.21. The predicted molar refractivity (Wildman–Crippen MR) is 114 cm³/mol. The van der Waals surface area contributed by atoms with E-state index in [1.807, 2.05) is 56.7 Å². The van der Waals surface area contributed by atoms with Crippen LogP contribution in [-0.2, 0) is 14.0 Å². The topological polar surface area (TPSA) is 58.9 Å². The van der Waals surface area contributed by atoms with Crippen molar-refractivity contribution >= 4 is 23.4 Å². The molecule has 2 fully saturated rings. The molecule has 2 aliphatic rings. The summed E-state index contributed by atoms with van der Waals surface area (Å²) in [6, 6.07) is 5.95. The van der Waals surface area contributed by atoms with Crippen molar-refractivity contribution in [2.45, 2.75) is 57.8 Å². The van der Waals surface area contributed by atoms with Gasteiger partial charge < -0.3 is 23.3 Å². The van der Waals surface area contributed by atoms with Gasteiger partial charge in [-0.1, -0.05) is 12.1 Å². The van der Waals surface area contributed by atoms with Gasteiger partial charge in [-0.25, -0.2) is 0 Å². The van der Waals surface area contributed by atoms with Gasteiger partial charge in [0.05, 0.1) is 29.9 Å². The van der Waals surface area contributed by atoms with E-state index >= 15 is 0 Å². The van der Waals surface area contributed by atoms with Gasteiger partial charge in [0, 0.05) is 25.1 Å². The Morgan fingerprint density at radius 1 is 1.10 bits per heavy atom. The van der Waals surface area contributed by atoms with Crippen molar-refractivity contribution < 1.29 is 18.8 Å². The summed E-state index contributed by atoms with van der Waals surface area (Å²) in [6.45, 7) is 8.84. The summed E-state index contributed by atoms with van der Waals surface area (Å²) in [5, 5.41) is 1.44. The van der Waals surface area contributed by atoms with Crippen molar-refractivity contribution in [2.75, 3.05) is 20.8 Å². The standard InChI is InChI=1S/C22H30BNO5/c1-21(2)22(3,4)29-23(28-21)15-7-8-17-18(11-15)20(25)24(12-19(17)27-6)16-9-14(10-16)13-26-5/h7-8,11-12,14,16H,9-10,13H2,1-6H3. The fourth-order valence-corrected chi connectivity index (χ4v) is 4.21. The van der Waals surface area contributed by atoms with E-state index in [1.165, 1.54) is 0 Å². The van der Waals surface area contributed by atoms with Gasteiger partial charge in [-0.3, -0.25) is 4.79 Å². The summed E-state index contributed by atoms with van der Waals surface area (Å²) in [6.07, 6.45) is 3.73. The van der Waals surface area contributed by atoms with Gasteiger partial charge in [0.15, 0.2) is 0 Å². The van der Waals surface area contributed by atoms with Crippen LogP contribution in [0.5, 0.6) is 5.75 Å². The monoisotopic (exact) mass is 399 g/mol. The molecular weight excluding hydrogens is 369 g/mol. The molecule has 2 aromatic rings. The van der Waals surface area contributed by atoms with Gasteiger partial charge in [-0.15, -0.1) is 0 Å². The molecule has 156 valence electrons. The summed E-state index contributed by atoms with van der Waals surface area (Å²) in [4.78, 5) is 13.3. The van der Waals surface area contributed by atoms with Gasteiger partial charge in [0.2, 0.25) is 0 Å². The highest BCUT2D eigenvalue weighted by Gasteiger charge is 2.51. The summed E-state index contributed by atoms with van der Waals surface area (Å²) in [7, 11) is 2.86. The van der Waals surface area contributed by atoms with Gasteiger partial charge in [-0.2, -0.15) is 0 Å². The molecular formula is C22H30BNO5. The second-order valence-corrected chi connectivity index (χ2v) is 9.25. The molecule has 1 aliphatic heterocycles. The summed E-state index contributed by atoms with van der Waals surface area (Å²) >= 11 is 0. The number of fused-ring (bicyclic) bond motifs is 1. The van der Waals surface area contributed by atoms with Crippen LogP contribution in [0.3, 0.4) is 0 Å². The molecule has 1 aromatic carbocycles. The second kappa shape index (κ2) is 7.15. The van der Waals surface area contributed by atoms with E-state index in [4.69, 9.17) is 18.8 Å². The lowest BCUT2D eigenvalue weighted by Gasteiger charge is -2.36. The van der Waals surface area contributed by atoms with Crippen molar-refractivity contribution in [3.63, 3.8) is 0 Å². The molecule has 0 amide bonds. The van der Waals surface area contributed by atoms with Crippen LogP contribution in [0.1, 0.15) is 46.6 Å². The number of nitrogens with zero attached hydrogens (tertiary/aromatic N) is 1. The van der Waals surface area contributed by atoms with Crippen molar-refractivity contribution in [1.82, 2.24) is 4.57 Å². The largest absolute Gasteiger partial charge is 0.495 e. The Morgan fingerprint density at radius 2 is 1.76 bits per heavy atom. The number of hydrogen-bond acceptors (Lipinski definition) is 5. The zero-order valence-corrected chi connectivity index (χ0v) is 18.2. The first kappa shape index (κ1) is 20.4. The first-order valence-corrected chi connectivity index (χ1v) is 10.2. The van der Waals surface area contributed by atoms with Crippen LogP contribution in [0, 0.1) is 5.92 Å². The summed E-state index contributed by atoms with van der Waals surface area (Å²) in [5.74, 6) is 1.21. The molecule has 0 radical (unpaired) electrons. The lowest BCUT2D eigenvalue weighted by atomic mass is 9.78. The molecule has 1 aliphatic carbocycles. The van der Waals surface area contributed by atoms with Gasteiger partial charge in [0.1, 0.15) is 5.75 Å². The fraction of sp³-hybridized carbons (Fsp3) is 0.591. The van der Waals surface area contributed by atoms with Crippen LogP contribution < -0.4 is 15.8 Å². The van der Waals surface area contributed by atoms with E-state index in [2.05, 4.69) is 0 Å². The smallest absolute Gasteiger partial charge is 0.494 e. The predicted octanol–water partition coefficient (Wildman–Crippen LogP) is 2.91. The van der Waals surface area contributed by atoms with Crippen LogP contribution in [0.15, 0.2) is 29.2 Å². The van der Waals surface area contributed by atoms with E-state index in [0.29, 0.717) is 17.1 Å². The summed E-state index contributed by atoms with van der Waals surface area (Å²) in [5.41, 5.74) is -0.00792. The minimum atomic E-state index is -0.502. The third-order valence-electron chi connectivity index (χ3n) is 6.78. The van der Waals surface area contributed by atoms with Crippen LogP contribution in [0.4, 0.5) is 0 Å². The number of ether oxygens (including phenoxy) is 2. The number of pyridine rings is 1. The maximum absolute atomic E-state index is 13.3. The number of aromatic nitrogens is 1. The van der Waals surface area contributed by atoms with E-state index < -0.39 is 18.3 Å². The van der Waals surface area contributed by atoms with Crippen molar-refractivity contribution in [1.29, 1.82) is 0 Å². The first-order valence-electron chi connectivity index (χ1n) is 10.2. The molecule has 1 aromatic heterocycles. The molecule has 29 heavy (non-hydrogen) atoms. The average molecular weight is 399 g/mol. The van der Waals surface area contributed by atoms with E-state index in [1.54, 1.807) is 14.2 Å². The Morgan fingerprint density at radius 3 is 2.34 bits per heavy atom. The molecule has 0 N–H and O–H groups in total. The number of methoxy groups -OCH3 is 2. The first-order chi connectivity index (χ1) is 13.7. The van der Waals surface area contributed by atoms with Gasteiger partial charge in [0.25, 0.3) is 5.56 Å². The molecule has 0 unspecified atom stereocenters. The Kier molecular flexibility index (Phi) is 5.04. The molecule has 0 atom stereocenters. The van der Waals surface area contributed by atoms with Crippen LogP contribution in [0.25, 0.3) is 10.8 Å². The minimum absolute atomic E-state index is 0.0000317. The lowest BCUT2D eigenvalue weighted by molar-refractivity contribution is 0.00578. The average Bonchev–Trinajstić information content (AvgIpc) is 2.86. The Balaban J connectivity index is 1.72. The maximum Gasteiger partial charge on any atom is 0.494 e. The molecule has 6 nitrogen and oxygen atoms in total. The zero-order valence-electron chi connectivity index (χ0n) is 18.2. The Hall–Kier alpha value is -1.83. The van der Waals surface area contributed by atoms with E-state index in [-0.39, 0.29) is 11.6 Å². The van der Waals surface area contributed by atoms with Gasteiger partial charge in [-0.05, 0) is 58.0 Å². The van der Waals surface area contributed by atoms with E-state index in [0.717, 1.165) is 30.3 Å². The van der Waals surface area contributed by atoms with Gasteiger partial charge >= 0.3 is 7.12 Å². The van der Waals surface area contributed by atoms with Crippen LogP contribution in [-0.4, -0.2) is 43.7 Å². The maximum atomic E-state index is 13.3. The molecule has 4 rings (SSSR count). The molecule has 1 saturated carbocycles. The zero-order chi connectivity index (χ0) is 21.0. The highest BCUT2D eigenvalue weighted by atomic mass is 16.7. The highest BCUT2D eigenvalue weighted by Crippen LogP contribution is 2.39. The third-order valence-corrected chi connectivity index (χ3v) is 6.78. The molecule has 0 bridgehead atoms.